The van der Waals surface area contributed by atoms with E-state index in [2.05, 4.69) is 46.7 Å². The predicted molar refractivity (Wildman–Crippen MR) is 134 cm³/mol. The number of hydrogen-bond acceptors (Lipinski definition) is 4. The number of furan rings is 1. The number of nitrogens with one attached hydrogen (secondary N) is 1. The van der Waals surface area contributed by atoms with Gasteiger partial charge in [-0.25, -0.2) is 4.98 Å². The average Bonchev–Trinajstić information content (AvgIpc) is 3.46. The second-order valence-corrected chi connectivity index (χ2v) is 8.14. The van der Waals surface area contributed by atoms with Gasteiger partial charge < -0.3 is 14.2 Å². The quantitative estimate of drug-likeness (QED) is 0.309. The van der Waals surface area contributed by atoms with E-state index >= 15 is 0 Å². The first-order valence-electron chi connectivity index (χ1n) is 10.9. The van der Waals surface area contributed by atoms with Crippen molar-refractivity contribution in [2.45, 2.75) is 0 Å². The lowest BCUT2D eigenvalue weighted by molar-refractivity contribution is 0.620. The summed E-state index contributed by atoms with van der Waals surface area (Å²) in [4.78, 5) is 4.60. The molecule has 0 aliphatic heterocycles. The molecular formula is C29H18N2O2. The Morgan fingerprint density at radius 3 is 2.18 bits per heavy atom. The maximum absolute atomic E-state index is 6.30. The van der Waals surface area contributed by atoms with Crippen LogP contribution < -0.4 is 5.32 Å². The first-order chi connectivity index (χ1) is 16.3. The number of aromatic nitrogens is 1. The van der Waals surface area contributed by atoms with Crippen molar-refractivity contribution in [3.05, 3.63) is 103 Å². The van der Waals surface area contributed by atoms with E-state index in [1.54, 1.807) is 0 Å². The molecule has 7 rings (SSSR count). The summed E-state index contributed by atoms with van der Waals surface area (Å²) >= 11 is 0. The monoisotopic (exact) mass is 426 g/mol. The first-order valence-corrected chi connectivity index (χ1v) is 10.9. The Morgan fingerprint density at radius 1 is 0.606 bits per heavy atom. The summed E-state index contributed by atoms with van der Waals surface area (Å²) in [6.45, 7) is 0. The van der Waals surface area contributed by atoms with Crippen LogP contribution in [0.4, 0.5) is 11.4 Å². The third-order valence-corrected chi connectivity index (χ3v) is 6.09. The van der Waals surface area contributed by atoms with E-state index in [0.29, 0.717) is 5.89 Å². The second-order valence-electron chi connectivity index (χ2n) is 8.14. The molecule has 0 unspecified atom stereocenters. The van der Waals surface area contributed by atoms with Crippen LogP contribution in [0.3, 0.4) is 0 Å². The van der Waals surface area contributed by atoms with E-state index in [0.717, 1.165) is 55.4 Å². The van der Waals surface area contributed by atoms with Crippen LogP contribution in [-0.4, -0.2) is 4.98 Å². The summed E-state index contributed by atoms with van der Waals surface area (Å²) in [6, 6.07) is 34.7. The van der Waals surface area contributed by atoms with Crippen molar-refractivity contribution in [2.75, 3.05) is 5.32 Å². The molecule has 0 atom stereocenters. The Labute approximate surface area is 189 Å². The molecule has 2 heterocycles. The molecule has 4 heteroatoms. The Hall–Kier alpha value is -4.57. The number of nitrogens with zero attached hydrogens (tertiary/aromatic N) is 1. The highest BCUT2D eigenvalue weighted by Crippen LogP contribution is 2.40. The van der Waals surface area contributed by atoms with E-state index in [1.165, 1.54) is 5.39 Å². The highest BCUT2D eigenvalue weighted by Gasteiger charge is 2.15. The number of fused-ring (bicyclic) bond motifs is 5. The van der Waals surface area contributed by atoms with Crippen LogP contribution in [0.5, 0.6) is 0 Å². The van der Waals surface area contributed by atoms with Gasteiger partial charge >= 0.3 is 0 Å². The van der Waals surface area contributed by atoms with E-state index in [1.807, 2.05) is 66.7 Å². The SMILES string of the molecule is c1ccc2c(Nc3ccc(-c4nc5ccccc5o4)cc3)c3oc4ccccc4c3cc2c1. The van der Waals surface area contributed by atoms with Crippen molar-refractivity contribution in [1.29, 1.82) is 0 Å². The molecule has 156 valence electrons. The van der Waals surface area contributed by atoms with E-state index in [9.17, 15) is 0 Å². The smallest absolute Gasteiger partial charge is 0.227 e. The Kier molecular flexibility index (Phi) is 3.81. The Balaban J connectivity index is 1.34. The summed E-state index contributed by atoms with van der Waals surface area (Å²) in [6.07, 6.45) is 0. The maximum Gasteiger partial charge on any atom is 0.227 e. The number of oxazole rings is 1. The number of hydrogen-bond donors (Lipinski definition) is 1. The third kappa shape index (κ3) is 2.88. The number of para-hydroxylation sites is 3. The molecule has 7 aromatic rings. The van der Waals surface area contributed by atoms with Gasteiger partial charge in [-0.1, -0.05) is 54.6 Å². The van der Waals surface area contributed by atoms with Crippen molar-refractivity contribution in [3.63, 3.8) is 0 Å². The van der Waals surface area contributed by atoms with Crippen LogP contribution in [0.1, 0.15) is 0 Å². The number of benzene rings is 5. The lowest BCUT2D eigenvalue weighted by Gasteiger charge is -2.11. The van der Waals surface area contributed by atoms with E-state index in [4.69, 9.17) is 8.83 Å². The molecular weight excluding hydrogens is 408 g/mol. The highest BCUT2D eigenvalue weighted by molar-refractivity contribution is 6.17. The average molecular weight is 426 g/mol. The van der Waals surface area contributed by atoms with Gasteiger partial charge in [0.2, 0.25) is 5.89 Å². The molecule has 0 bridgehead atoms. The molecule has 0 spiro atoms. The third-order valence-electron chi connectivity index (χ3n) is 6.09. The fourth-order valence-electron chi connectivity index (χ4n) is 4.48. The van der Waals surface area contributed by atoms with Gasteiger partial charge in [0.1, 0.15) is 11.1 Å². The minimum Gasteiger partial charge on any atom is -0.454 e. The van der Waals surface area contributed by atoms with Gasteiger partial charge in [0.25, 0.3) is 0 Å². The summed E-state index contributed by atoms with van der Waals surface area (Å²) < 4.78 is 12.2. The Morgan fingerprint density at radius 2 is 1.33 bits per heavy atom. The normalized spacial score (nSPS) is 11.6. The van der Waals surface area contributed by atoms with Crippen molar-refractivity contribution in [1.82, 2.24) is 4.98 Å². The van der Waals surface area contributed by atoms with Crippen LogP contribution in [0.2, 0.25) is 0 Å². The summed E-state index contributed by atoms with van der Waals surface area (Å²) in [7, 11) is 0. The zero-order chi connectivity index (χ0) is 21.8. The number of rotatable bonds is 3. The molecule has 5 aromatic carbocycles. The molecule has 0 radical (unpaired) electrons. The minimum absolute atomic E-state index is 0.618. The minimum atomic E-state index is 0.618. The molecule has 4 nitrogen and oxygen atoms in total. The molecule has 0 aliphatic carbocycles. The zero-order valence-corrected chi connectivity index (χ0v) is 17.6. The largest absolute Gasteiger partial charge is 0.454 e. The molecule has 2 aromatic heterocycles. The van der Waals surface area contributed by atoms with Crippen LogP contribution in [0, 0.1) is 0 Å². The van der Waals surface area contributed by atoms with E-state index < -0.39 is 0 Å². The van der Waals surface area contributed by atoms with Gasteiger partial charge in [-0.05, 0) is 53.9 Å². The summed E-state index contributed by atoms with van der Waals surface area (Å²) in [5.74, 6) is 0.618. The lowest BCUT2D eigenvalue weighted by Crippen LogP contribution is -1.92. The molecule has 0 saturated carbocycles. The van der Waals surface area contributed by atoms with Crippen molar-refractivity contribution in [2.24, 2.45) is 0 Å². The summed E-state index contributed by atoms with van der Waals surface area (Å²) in [5.41, 5.74) is 6.26. The van der Waals surface area contributed by atoms with Crippen molar-refractivity contribution in [3.8, 4) is 11.5 Å². The topological polar surface area (TPSA) is 51.2 Å². The maximum atomic E-state index is 6.30. The molecule has 0 amide bonds. The molecule has 0 saturated heterocycles. The van der Waals surface area contributed by atoms with Gasteiger partial charge in [-0.2, -0.15) is 0 Å². The Bertz CT molecular complexity index is 1760. The fourth-order valence-corrected chi connectivity index (χ4v) is 4.48. The molecule has 0 fully saturated rings. The van der Waals surface area contributed by atoms with Gasteiger partial charge in [0.05, 0.1) is 5.69 Å². The van der Waals surface area contributed by atoms with Gasteiger partial charge in [-0.3, -0.25) is 0 Å². The van der Waals surface area contributed by atoms with Crippen LogP contribution in [0.15, 0.2) is 112 Å². The standard InChI is InChI=1S/C29H18N2O2/c1-2-8-21-19(7-1)17-23-22-9-3-5-11-25(22)32-28(23)27(21)30-20-15-13-18(14-16-20)29-31-24-10-4-6-12-26(24)33-29/h1-17,30H. The van der Waals surface area contributed by atoms with Crippen molar-refractivity contribution >= 4 is 55.2 Å². The van der Waals surface area contributed by atoms with Crippen LogP contribution in [-0.2, 0) is 0 Å². The van der Waals surface area contributed by atoms with Crippen LogP contribution in [0.25, 0.3) is 55.3 Å². The lowest BCUT2D eigenvalue weighted by atomic mass is 10.0. The van der Waals surface area contributed by atoms with Gasteiger partial charge in [-0.15, -0.1) is 0 Å². The van der Waals surface area contributed by atoms with Gasteiger partial charge in [0, 0.05) is 27.4 Å². The molecule has 1 N–H and O–H groups in total. The van der Waals surface area contributed by atoms with E-state index in [-0.39, 0.29) is 0 Å². The molecule has 33 heavy (non-hydrogen) atoms. The predicted octanol–water partition coefficient (Wildman–Crippen LogP) is 8.29. The number of anilines is 2. The second kappa shape index (κ2) is 6.97. The van der Waals surface area contributed by atoms with Gasteiger partial charge in [0.15, 0.2) is 11.2 Å². The molecule has 0 aliphatic rings. The zero-order valence-electron chi connectivity index (χ0n) is 17.6. The first kappa shape index (κ1) is 18.0. The fraction of sp³-hybridized carbons (Fsp3) is 0. The van der Waals surface area contributed by atoms with Crippen molar-refractivity contribution < 1.29 is 8.83 Å². The van der Waals surface area contributed by atoms with Crippen LogP contribution >= 0.6 is 0 Å². The summed E-state index contributed by atoms with van der Waals surface area (Å²) in [5, 5.41) is 8.12. The highest BCUT2D eigenvalue weighted by atomic mass is 16.3.